The SMILES string of the molecule is Cc1cc(Cl)c(=O)[n]([AlH2])n1. The van der Waals surface area contributed by atoms with Gasteiger partial charge in [-0.2, -0.15) is 0 Å². The van der Waals surface area contributed by atoms with Gasteiger partial charge in [0, 0.05) is 0 Å². The van der Waals surface area contributed by atoms with E-state index in [-0.39, 0.29) is 10.6 Å². The van der Waals surface area contributed by atoms with Gasteiger partial charge in [0.25, 0.3) is 5.56 Å². The van der Waals surface area contributed by atoms with Crippen LogP contribution in [0.5, 0.6) is 0 Å². The van der Waals surface area contributed by atoms with Crippen LogP contribution in [0.25, 0.3) is 0 Å². The van der Waals surface area contributed by atoms with Gasteiger partial charge < -0.3 is 3.67 Å². The van der Waals surface area contributed by atoms with Gasteiger partial charge in [-0.15, -0.1) is 0 Å². The van der Waals surface area contributed by atoms with Crippen molar-refractivity contribution in [1.29, 1.82) is 0 Å². The number of halogens is 1. The fourth-order valence-electron chi connectivity index (χ4n) is 0.711. The highest BCUT2D eigenvalue weighted by Crippen LogP contribution is 1.99. The van der Waals surface area contributed by atoms with Gasteiger partial charge in [-0.3, -0.25) is 4.79 Å². The van der Waals surface area contributed by atoms with Crippen LogP contribution in [0.15, 0.2) is 10.9 Å². The molecular weight excluding hydrogens is 167 g/mol. The predicted molar refractivity (Wildman–Crippen MR) is 42.2 cm³/mol. The normalized spacial score (nSPS) is 9.80. The first kappa shape index (κ1) is 7.81. The Morgan fingerprint density at radius 1 is 1.80 bits per heavy atom. The molecule has 0 spiro atoms. The van der Waals surface area contributed by atoms with Crippen LogP contribution in [0.2, 0.25) is 5.02 Å². The summed E-state index contributed by atoms with van der Waals surface area (Å²) in [5.74, 6) is 0. The molecule has 3 nitrogen and oxygen atoms in total. The Kier molecular flexibility index (Phi) is 2.15. The summed E-state index contributed by atoms with van der Waals surface area (Å²) in [4.78, 5) is 10.9. The summed E-state index contributed by atoms with van der Waals surface area (Å²) in [7, 11) is 0. The molecule has 52 valence electrons. The minimum Gasteiger partial charge on any atom is -0.336 e. The molecule has 1 aromatic rings. The number of rotatable bonds is 0. The molecule has 1 aromatic heterocycles. The van der Waals surface area contributed by atoms with E-state index in [9.17, 15) is 4.79 Å². The zero-order chi connectivity index (χ0) is 7.72. The Morgan fingerprint density at radius 2 is 2.40 bits per heavy atom. The van der Waals surface area contributed by atoms with Crippen molar-refractivity contribution in [3.63, 3.8) is 0 Å². The van der Waals surface area contributed by atoms with Crippen molar-refractivity contribution in [2.45, 2.75) is 6.92 Å². The van der Waals surface area contributed by atoms with Gasteiger partial charge in [0.05, 0.1) is 5.69 Å². The zero-order valence-electron chi connectivity index (χ0n) is 5.76. The first-order valence-corrected chi connectivity index (χ1v) is 4.09. The summed E-state index contributed by atoms with van der Waals surface area (Å²) in [6.07, 6.45) is 0. The smallest absolute Gasteiger partial charge is 0.336 e. The lowest BCUT2D eigenvalue weighted by Crippen LogP contribution is -2.21. The maximum atomic E-state index is 10.9. The Labute approximate surface area is 71.3 Å². The summed E-state index contributed by atoms with van der Waals surface area (Å²) in [5.41, 5.74) is 0.582. The molecule has 1 heterocycles. The third kappa shape index (κ3) is 1.40. The average molecular weight is 173 g/mol. The maximum Gasteiger partial charge on any atom is 0.404 e. The minimum absolute atomic E-state index is 0.195. The first-order chi connectivity index (χ1) is 4.61. The summed E-state index contributed by atoms with van der Waals surface area (Å²) >= 11 is 6.15. The summed E-state index contributed by atoms with van der Waals surface area (Å²) in [6.45, 7) is 1.81. The van der Waals surface area contributed by atoms with Crippen molar-refractivity contribution in [2.75, 3.05) is 0 Å². The Bertz CT molecular complexity index is 283. The molecule has 0 saturated heterocycles. The number of aryl methyl sites for hydroxylation is 1. The standard InChI is InChI=1S/C5H5ClN2O.Al.2H/c1-3-2-4(6)5(9)8-7-3;;;/h2H,1H3,(H,8,9);;;/q;+1;;/p-1. The minimum atomic E-state index is -0.195. The van der Waals surface area contributed by atoms with E-state index in [4.69, 9.17) is 11.6 Å². The van der Waals surface area contributed by atoms with E-state index in [2.05, 4.69) is 5.10 Å². The monoisotopic (exact) mass is 172 g/mol. The summed E-state index contributed by atoms with van der Waals surface area (Å²) in [5, 5.41) is 4.17. The molecule has 0 aliphatic rings. The van der Waals surface area contributed by atoms with E-state index < -0.39 is 0 Å². The molecule has 0 unspecified atom stereocenters. The highest BCUT2D eigenvalue weighted by molar-refractivity contribution is 6.30. The highest BCUT2D eigenvalue weighted by Gasteiger charge is 1.97. The number of nitrogens with zero attached hydrogens (tertiary/aromatic N) is 2. The van der Waals surface area contributed by atoms with Gasteiger partial charge in [0.15, 0.2) is 0 Å². The van der Waals surface area contributed by atoms with Gasteiger partial charge in [-0.05, 0) is 13.0 Å². The predicted octanol–water partition coefficient (Wildman–Crippen LogP) is -0.399. The van der Waals surface area contributed by atoms with E-state index in [1.807, 2.05) is 0 Å². The summed E-state index contributed by atoms with van der Waals surface area (Å²) in [6, 6.07) is 1.57. The van der Waals surface area contributed by atoms with Crippen molar-refractivity contribution in [3.8, 4) is 0 Å². The maximum absolute atomic E-state index is 10.9. The van der Waals surface area contributed by atoms with E-state index in [1.54, 1.807) is 13.0 Å². The van der Waals surface area contributed by atoms with E-state index >= 15 is 0 Å². The van der Waals surface area contributed by atoms with Gasteiger partial charge in [0.2, 0.25) is 0 Å². The fraction of sp³-hybridized carbons (Fsp3) is 0.200. The van der Waals surface area contributed by atoms with Gasteiger partial charge in [0.1, 0.15) is 5.02 Å². The lowest BCUT2D eigenvalue weighted by molar-refractivity contribution is 0.870. The van der Waals surface area contributed by atoms with Gasteiger partial charge in [-0.1, -0.05) is 11.6 Å². The van der Waals surface area contributed by atoms with Gasteiger partial charge >= 0.3 is 16.5 Å². The zero-order valence-corrected chi connectivity index (χ0v) is 8.51. The molecule has 0 radical (unpaired) electrons. The number of hydrogen-bond donors (Lipinski definition) is 0. The molecular formula is C5H6AlClN2O. The Hall–Kier alpha value is -0.298. The second-order valence-corrected chi connectivity index (χ2v) is 3.32. The molecule has 5 heteroatoms. The van der Waals surface area contributed by atoms with E-state index in [1.165, 1.54) is 3.67 Å². The fourth-order valence-corrected chi connectivity index (χ4v) is 1.69. The number of hydrogen-bond acceptors (Lipinski definition) is 2. The largest absolute Gasteiger partial charge is 0.404 e. The number of aromatic nitrogens is 2. The third-order valence-corrected chi connectivity index (χ3v) is 2.02. The van der Waals surface area contributed by atoms with Crippen LogP contribution in [0, 0.1) is 6.92 Å². The molecule has 0 aromatic carbocycles. The molecule has 0 aliphatic carbocycles. The Balaban J connectivity index is 3.46. The van der Waals surface area contributed by atoms with Crippen LogP contribution < -0.4 is 5.56 Å². The van der Waals surface area contributed by atoms with Crippen molar-refractivity contribution >= 4 is 28.1 Å². The third-order valence-electron chi connectivity index (χ3n) is 1.14. The van der Waals surface area contributed by atoms with Crippen LogP contribution in [-0.4, -0.2) is 25.3 Å². The van der Waals surface area contributed by atoms with Crippen molar-refractivity contribution in [1.82, 2.24) is 8.76 Å². The van der Waals surface area contributed by atoms with Crippen LogP contribution in [0.1, 0.15) is 5.69 Å². The summed E-state index contributed by atoms with van der Waals surface area (Å²) < 4.78 is 1.36. The molecule has 10 heavy (non-hydrogen) atoms. The second kappa shape index (κ2) is 2.75. The lowest BCUT2D eigenvalue weighted by atomic mass is 10.4. The first-order valence-electron chi connectivity index (χ1n) is 2.81. The van der Waals surface area contributed by atoms with Crippen molar-refractivity contribution in [3.05, 3.63) is 27.1 Å². The topological polar surface area (TPSA) is 34.9 Å². The van der Waals surface area contributed by atoms with Crippen LogP contribution in [0.4, 0.5) is 0 Å². The molecule has 0 amide bonds. The molecule has 0 bridgehead atoms. The molecule has 0 saturated carbocycles. The molecule has 0 N–H and O–H groups in total. The van der Waals surface area contributed by atoms with Crippen molar-refractivity contribution in [2.24, 2.45) is 0 Å². The highest BCUT2D eigenvalue weighted by atomic mass is 35.5. The van der Waals surface area contributed by atoms with Crippen LogP contribution in [0.3, 0.4) is 0 Å². The van der Waals surface area contributed by atoms with Crippen molar-refractivity contribution < 1.29 is 0 Å². The molecule has 0 fully saturated rings. The quantitative estimate of drug-likeness (QED) is 0.500. The van der Waals surface area contributed by atoms with Gasteiger partial charge in [-0.25, -0.2) is 5.10 Å². The average Bonchev–Trinajstić information content (AvgIpc) is 1.82. The molecule has 0 atom stereocenters. The van der Waals surface area contributed by atoms with Crippen LogP contribution in [-0.2, 0) is 0 Å². The molecule has 1 rings (SSSR count). The Morgan fingerprint density at radius 3 is 2.90 bits per heavy atom. The lowest BCUT2D eigenvalue weighted by Gasteiger charge is -1.98. The molecule has 0 aliphatic heterocycles. The second-order valence-electron chi connectivity index (χ2n) is 2.06. The van der Waals surface area contributed by atoms with E-state index in [0.717, 1.165) is 5.69 Å². The van der Waals surface area contributed by atoms with Crippen LogP contribution >= 0.6 is 11.6 Å². The van der Waals surface area contributed by atoms with E-state index in [0.29, 0.717) is 16.5 Å².